The van der Waals surface area contributed by atoms with Crippen molar-refractivity contribution in [2.24, 2.45) is 0 Å². The third-order valence-corrected chi connectivity index (χ3v) is 2.37. The van der Waals surface area contributed by atoms with Crippen LogP contribution in [-0.4, -0.2) is 17.8 Å². The van der Waals surface area contributed by atoms with Crippen molar-refractivity contribution in [3.8, 4) is 0 Å². The molecule has 0 spiro atoms. The molecule has 3 heteroatoms. The van der Waals surface area contributed by atoms with Crippen molar-refractivity contribution in [3.63, 3.8) is 0 Å². The fraction of sp³-hybridized carbons (Fsp3) is 0.400. The standard InChI is InChI=1S/C10H14BrNO/c1-7-3-4-10(9(11)5-7)12-6-8(2)13/h3-5,8,12-13H,6H2,1-2H3/t8-/m0/s1. The molecule has 0 aliphatic carbocycles. The summed E-state index contributed by atoms with van der Waals surface area (Å²) in [5.74, 6) is 0. The van der Waals surface area contributed by atoms with Crippen LogP contribution in [0.3, 0.4) is 0 Å². The highest BCUT2D eigenvalue weighted by atomic mass is 79.9. The number of aryl methyl sites for hydroxylation is 1. The van der Waals surface area contributed by atoms with Gasteiger partial charge in [0.15, 0.2) is 0 Å². The molecule has 72 valence electrons. The van der Waals surface area contributed by atoms with Crippen molar-refractivity contribution in [2.75, 3.05) is 11.9 Å². The molecule has 13 heavy (non-hydrogen) atoms. The summed E-state index contributed by atoms with van der Waals surface area (Å²) >= 11 is 3.45. The van der Waals surface area contributed by atoms with Crippen molar-refractivity contribution in [1.82, 2.24) is 0 Å². The fourth-order valence-corrected chi connectivity index (χ4v) is 1.65. The number of hydrogen-bond acceptors (Lipinski definition) is 2. The van der Waals surface area contributed by atoms with Crippen molar-refractivity contribution in [1.29, 1.82) is 0 Å². The van der Waals surface area contributed by atoms with E-state index in [1.54, 1.807) is 6.92 Å². The molecule has 0 aliphatic heterocycles. The number of nitrogens with one attached hydrogen (secondary N) is 1. The molecule has 1 atom stereocenters. The monoisotopic (exact) mass is 243 g/mol. The number of rotatable bonds is 3. The van der Waals surface area contributed by atoms with Crippen molar-refractivity contribution in [2.45, 2.75) is 20.0 Å². The van der Waals surface area contributed by atoms with Gasteiger partial charge in [-0.25, -0.2) is 0 Å². The van der Waals surface area contributed by atoms with Crippen LogP contribution in [0.25, 0.3) is 0 Å². The van der Waals surface area contributed by atoms with Gasteiger partial charge in [-0.05, 0) is 47.5 Å². The maximum Gasteiger partial charge on any atom is 0.0684 e. The molecule has 0 saturated carbocycles. The van der Waals surface area contributed by atoms with Gasteiger partial charge in [0.1, 0.15) is 0 Å². The number of benzene rings is 1. The van der Waals surface area contributed by atoms with E-state index in [2.05, 4.69) is 21.2 Å². The minimum absolute atomic E-state index is 0.326. The van der Waals surface area contributed by atoms with E-state index in [9.17, 15) is 0 Å². The van der Waals surface area contributed by atoms with Gasteiger partial charge in [-0.2, -0.15) is 0 Å². The van der Waals surface area contributed by atoms with Gasteiger partial charge in [0.05, 0.1) is 6.10 Å². The van der Waals surface area contributed by atoms with Gasteiger partial charge in [0.25, 0.3) is 0 Å². The van der Waals surface area contributed by atoms with E-state index in [1.807, 2.05) is 25.1 Å². The zero-order chi connectivity index (χ0) is 9.84. The highest BCUT2D eigenvalue weighted by molar-refractivity contribution is 9.10. The van der Waals surface area contributed by atoms with E-state index in [0.29, 0.717) is 6.54 Å². The van der Waals surface area contributed by atoms with Gasteiger partial charge < -0.3 is 10.4 Å². The minimum atomic E-state index is -0.326. The fourth-order valence-electron chi connectivity index (χ4n) is 1.02. The Balaban J connectivity index is 2.67. The summed E-state index contributed by atoms with van der Waals surface area (Å²) in [6.45, 7) is 4.37. The normalized spacial score (nSPS) is 12.6. The predicted octanol–water partition coefficient (Wildman–Crippen LogP) is 2.55. The number of aliphatic hydroxyl groups excluding tert-OH is 1. The van der Waals surface area contributed by atoms with Crippen molar-refractivity contribution in [3.05, 3.63) is 28.2 Å². The SMILES string of the molecule is Cc1ccc(NC[C@H](C)O)c(Br)c1. The Morgan fingerprint density at radius 1 is 1.54 bits per heavy atom. The predicted molar refractivity (Wildman–Crippen MR) is 59.0 cm³/mol. The maximum absolute atomic E-state index is 9.08. The van der Waals surface area contributed by atoms with Gasteiger partial charge in [-0.1, -0.05) is 6.07 Å². The summed E-state index contributed by atoms with van der Waals surface area (Å²) < 4.78 is 1.04. The van der Waals surface area contributed by atoms with Crippen LogP contribution in [0.2, 0.25) is 0 Å². The van der Waals surface area contributed by atoms with Gasteiger partial charge in [-0.15, -0.1) is 0 Å². The van der Waals surface area contributed by atoms with Crippen LogP contribution in [0.5, 0.6) is 0 Å². The van der Waals surface area contributed by atoms with Gasteiger partial charge in [0, 0.05) is 16.7 Å². The van der Waals surface area contributed by atoms with Crippen LogP contribution in [0, 0.1) is 6.92 Å². The Morgan fingerprint density at radius 2 is 2.23 bits per heavy atom. The molecule has 0 fully saturated rings. The zero-order valence-electron chi connectivity index (χ0n) is 7.84. The van der Waals surface area contributed by atoms with Crippen LogP contribution >= 0.6 is 15.9 Å². The quantitative estimate of drug-likeness (QED) is 0.856. The zero-order valence-corrected chi connectivity index (χ0v) is 9.43. The Morgan fingerprint density at radius 3 is 2.77 bits per heavy atom. The van der Waals surface area contributed by atoms with Gasteiger partial charge >= 0.3 is 0 Å². The van der Waals surface area contributed by atoms with Crippen LogP contribution in [-0.2, 0) is 0 Å². The van der Waals surface area contributed by atoms with E-state index < -0.39 is 0 Å². The summed E-state index contributed by atoms with van der Waals surface area (Å²) in [5, 5.41) is 12.2. The second-order valence-electron chi connectivity index (χ2n) is 3.21. The minimum Gasteiger partial charge on any atom is -0.392 e. The van der Waals surface area contributed by atoms with Gasteiger partial charge in [-0.3, -0.25) is 0 Å². The summed E-state index contributed by atoms with van der Waals surface area (Å²) in [4.78, 5) is 0. The summed E-state index contributed by atoms with van der Waals surface area (Å²) in [6, 6.07) is 6.08. The van der Waals surface area contributed by atoms with E-state index in [0.717, 1.165) is 10.2 Å². The molecule has 0 radical (unpaired) electrons. The lowest BCUT2D eigenvalue weighted by atomic mass is 10.2. The number of hydrogen-bond donors (Lipinski definition) is 2. The molecule has 1 aromatic rings. The molecule has 0 bridgehead atoms. The molecule has 1 aromatic carbocycles. The van der Waals surface area contributed by atoms with Gasteiger partial charge in [0.2, 0.25) is 0 Å². The smallest absolute Gasteiger partial charge is 0.0684 e. The Kier molecular flexibility index (Phi) is 3.75. The van der Waals surface area contributed by atoms with Crippen molar-refractivity contribution >= 4 is 21.6 Å². The molecular weight excluding hydrogens is 230 g/mol. The van der Waals surface area contributed by atoms with E-state index >= 15 is 0 Å². The van der Waals surface area contributed by atoms with E-state index in [4.69, 9.17) is 5.11 Å². The molecule has 1 rings (SSSR count). The average molecular weight is 244 g/mol. The Labute approximate surface area is 87.1 Å². The molecular formula is C10H14BrNO. The summed E-state index contributed by atoms with van der Waals surface area (Å²) in [6.07, 6.45) is -0.326. The third kappa shape index (κ3) is 3.36. The second kappa shape index (κ2) is 4.63. The second-order valence-corrected chi connectivity index (χ2v) is 4.07. The Hall–Kier alpha value is -0.540. The third-order valence-electron chi connectivity index (χ3n) is 1.71. The van der Waals surface area contributed by atoms with Crippen LogP contribution in [0.15, 0.2) is 22.7 Å². The van der Waals surface area contributed by atoms with Crippen LogP contribution < -0.4 is 5.32 Å². The van der Waals surface area contributed by atoms with Crippen molar-refractivity contribution < 1.29 is 5.11 Å². The van der Waals surface area contributed by atoms with Crippen LogP contribution in [0.4, 0.5) is 5.69 Å². The lowest BCUT2D eigenvalue weighted by Crippen LogP contribution is -2.15. The molecule has 2 nitrogen and oxygen atoms in total. The van der Waals surface area contributed by atoms with Crippen LogP contribution in [0.1, 0.15) is 12.5 Å². The first-order chi connectivity index (χ1) is 6.09. The topological polar surface area (TPSA) is 32.3 Å². The first-order valence-electron chi connectivity index (χ1n) is 4.27. The summed E-state index contributed by atoms with van der Waals surface area (Å²) in [5.41, 5.74) is 2.24. The lowest BCUT2D eigenvalue weighted by Gasteiger charge is -2.10. The number of halogens is 1. The van der Waals surface area contributed by atoms with E-state index in [1.165, 1.54) is 5.56 Å². The molecule has 2 N–H and O–H groups in total. The molecule has 0 amide bonds. The Bertz CT molecular complexity index is 286. The average Bonchev–Trinajstić information content (AvgIpc) is 2.02. The molecule has 0 heterocycles. The highest BCUT2D eigenvalue weighted by Gasteiger charge is 2.00. The largest absolute Gasteiger partial charge is 0.392 e. The molecule has 0 aliphatic rings. The molecule has 0 unspecified atom stereocenters. The molecule has 0 saturated heterocycles. The van der Waals surface area contributed by atoms with E-state index in [-0.39, 0.29) is 6.10 Å². The number of anilines is 1. The highest BCUT2D eigenvalue weighted by Crippen LogP contribution is 2.23. The summed E-state index contributed by atoms with van der Waals surface area (Å²) in [7, 11) is 0. The molecule has 0 aromatic heterocycles. The lowest BCUT2D eigenvalue weighted by molar-refractivity contribution is 0.208. The maximum atomic E-state index is 9.08. The first-order valence-corrected chi connectivity index (χ1v) is 5.07. The first kappa shape index (κ1) is 10.5. The number of aliphatic hydroxyl groups is 1.